The maximum atomic E-state index is 12.6. The van der Waals surface area contributed by atoms with Gasteiger partial charge < -0.3 is 9.15 Å². The molecule has 1 aromatic heterocycles. The largest absolute Gasteiger partial charge is 0.452 e. The molecule has 0 unspecified atom stereocenters. The molecule has 0 bridgehead atoms. The minimum atomic E-state index is -0.609. The second-order valence-electron chi connectivity index (χ2n) is 7.80. The number of nitrogens with one attached hydrogen (secondary N) is 1. The van der Waals surface area contributed by atoms with Crippen LogP contribution >= 0.6 is 0 Å². The van der Waals surface area contributed by atoms with Crippen LogP contribution in [0.2, 0.25) is 0 Å². The monoisotopic (exact) mass is 450 g/mol. The number of ether oxygens (including phenoxy) is 1. The fraction of sp³-hybridized carbons (Fsp3) is 0.107. The number of carbonyl (C=O) groups is 2. The number of nitriles is 1. The summed E-state index contributed by atoms with van der Waals surface area (Å²) in [4.78, 5) is 25.0. The van der Waals surface area contributed by atoms with E-state index in [1.807, 2.05) is 86.6 Å². The van der Waals surface area contributed by atoms with Gasteiger partial charge in [0.1, 0.15) is 17.4 Å². The number of carbonyl (C=O) groups excluding carboxylic acids is 2. The quantitative estimate of drug-likeness (QED) is 0.369. The SMILES string of the molecule is Cc1ccc(C(=O)OCC(=O)Nc2oc(-c3ccccc3)c(-c3ccccc3)c2C#N)c(C)c1. The van der Waals surface area contributed by atoms with E-state index in [9.17, 15) is 14.9 Å². The molecule has 4 aromatic rings. The number of hydrogen-bond donors (Lipinski definition) is 1. The Balaban J connectivity index is 1.59. The van der Waals surface area contributed by atoms with Crippen LogP contribution in [0.5, 0.6) is 0 Å². The Labute approximate surface area is 197 Å². The zero-order valence-corrected chi connectivity index (χ0v) is 18.8. The zero-order valence-electron chi connectivity index (χ0n) is 18.8. The van der Waals surface area contributed by atoms with E-state index in [0.29, 0.717) is 16.9 Å². The van der Waals surface area contributed by atoms with Gasteiger partial charge in [0, 0.05) is 11.1 Å². The molecule has 1 N–H and O–H groups in total. The number of rotatable bonds is 6. The predicted octanol–water partition coefficient (Wildman–Crippen LogP) is 5.90. The van der Waals surface area contributed by atoms with Gasteiger partial charge in [-0.25, -0.2) is 4.79 Å². The third kappa shape index (κ3) is 4.74. The third-order valence-corrected chi connectivity index (χ3v) is 5.31. The molecule has 6 nitrogen and oxygen atoms in total. The zero-order chi connectivity index (χ0) is 24.1. The van der Waals surface area contributed by atoms with Crippen LogP contribution in [0.15, 0.2) is 83.3 Å². The first-order valence-corrected chi connectivity index (χ1v) is 10.7. The molecule has 0 saturated heterocycles. The van der Waals surface area contributed by atoms with Crippen LogP contribution in [0.4, 0.5) is 5.88 Å². The molecular weight excluding hydrogens is 428 g/mol. The maximum Gasteiger partial charge on any atom is 0.338 e. The molecule has 0 aliphatic rings. The van der Waals surface area contributed by atoms with E-state index in [0.717, 1.165) is 22.3 Å². The molecular formula is C28H22N2O4. The standard InChI is InChI=1S/C28H22N2O4/c1-18-13-14-22(19(2)15-18)28(32)33-17-24(31)30-27-23(16-29)25(20-9-5-3-6-10-20)26(34-27)21-11-7-4-8-12-21/h3-15H,17H2,1-2H3,(H,30,31). The van der Waals surface area contributed by atoms with Crippen LogP contribution < -0.4 is 5.32 Å². The molecule has 0 aliphatic heterocycles. The summed E-state index contributed by atoms with van der Waals surface area (Å²) in [5.41, 5.74) is 4.51. The van der Waals surface area contributed by atoms with Crippen molar-refractivity contribution >= 4 is 17.8 Å². The highest BCUT2D eigenvalue weighted by Gasteiger charge is 2.24. The molecule has 0 aliphatic carbocycles. The Morgan fingerprint density at radius 3 is 2.21 bits per heavy atom. The van der Waals surface area contributed by atoms with Gasteiger partial charge in [-0.15, -0.1) is 0 Å². The minimum absolute atomic E-state index is 0.00720. The third-order valence-electron chi connectivity index (χ3n) is 5.31. The molecule has 168 valence electrons. The van der Waals surface area contributed by atoms with Crippen LogP contribution in [-0.4, -0.2) is 18.5 Å². The Bertz CT molecular complexity index is 1380. The molecule has 0 fully saturated rings. The van der Waals surface area contributed by atoms with Gasteiger partial charge in [-0.2, -0.15) is 5.26 Å². The van der Waals surface area contributed by atoms with Gasteiger partial charge in [0.15, 0.2) is 6.61 Å². The van der Waals surface area contributed by atoms with Crippen LogP contribution in [0.3, 0.4) is 0 Å². The van der Waals surface area contributed by atoms with E-state index in [-0.39, 0.29) is 11.4 Å². The van der Waals surface area contributed by atoms with Crippen molar-refractivity contribution in [2.24, 2.45) is 0 Å². The number of amides is 1. The van der Waals surface area contributed by atoms with Crippen molar-refractivity contribution in [3.8, 4) is 28.5 Å². The predicted molar refractivity (Wildman–Crippen MR) is 129 cm³/mol. The first kappa shape index (κ1) is 22.6. The first-order chi connectivity index (χ1) is 16.5. The van der Waals surface area contributed by atoms with Crippen molar-refractivity contribution in [1.29, 1.82) is 5.26 Å². The smallest absolute Gasteiger partial charge is 0.338 e. The Kier molecular flexibility index (Phi) is 6.56. The lowest BCUT2D eigenvalue weighted by Crippen LogP contribution is -2.21. The highest BCUT2D eigenvalue weighted by Crippen LogP contribution is 2.41. The number of esters is 1. The van der Waals surface area contributed by atoms with Crippen molar-refractivity contribution < 1.29 is 18.7 Å². The molecule has 0 atom stereocenters. The van der Waals surface area contributed by atoms with Gasteiger partial charge in [0.25, 0.3) is 5.91 Å². The summed E-state index contributed by atoms with van der Waals surface area (Å²) in [5, 5.41) is 12.5. The first-order valence-electron chi connectivity index (χ1n) is 10.7. The van der Waals surface area contributed by atoms with E-state index in [1.54, 1.807) is 6.07 Å². The van der Waals surface area contributed by atoms with E-state index in [1.165, 1.54) is 0 Å². The van der Waals surface area contributed by atoms with Gasteiger partial charge in [0.2, 0.25) is 5.88 Å². The average Bonchev–Trinajstić information content (AvgIpc) is 3.21. The van der Waals surface area contributed by atoms with E-state index in [4.69, 9.17) is 9.15 Å². The molecule has 0 radical (unpaired) electrons. The molecule has 1 amide bonds. The van der Waals surface area contributed by atoms with Gasteiger partial charge in [-0.3, -0.25) is 10.1 Å². The Morgan fingerprint density at radius 1 is 0.941 bits per heavy atom. The van der Waals surface area contributed by atoms with Crippen LogP contribution in [0.25, 0.3) is 22.5 Å². The van der Waals surface area contributed by atoms with Crippen molar-refractivity contribution in [3.63, 3.8) is 0 Å². The van der Waals surface area contributed by atoms with E-state index >= 15 is 0 Å². The fourth-order valence-electron chi connectivity index (χ4n) is 3.71. The van der Waals surface area contributed by atoms with Gasteiger partial charge in [-0.1, -0.05) is 78.4 Å². The molecule has 34 heavy (non-hydrogen) atoms. The molecule has 1 heterocycles. The van der Waals surface area contributed by atoms with Gasteiger partial charge >= 0.3 is 5.97 Å². The lowest BCUT2D eigenvalue weighted by Gasteiger charge is -2.08. The average molecular weight is 450 g/mol. The number of furan rings is 1. The normalized spacial score (nSPS) is 10.4. The maximum absolute atomic E-state index is 12.6. The number of hydrogen-bond acceptors (Lipinski definition) is 5. The van der Waals surface area contributed by atoms with E-state index < -0.39 is 18.5 Å². The van der Waals surface area contributed by atoms with Crippen LogP contribution in [-0.2, 0) is 9.53 Å². The lowest BCUT2D eigenvalue weighted by molar-refractivity contribution is -0.119. The summed E-state index contributed by atoms with van der Waals surface area (Å²) in [6.45, 7) is 3.22. The fourth-order valence-corrected chi connectivity index (χ4v) is 3.71. The van der Waals surface area contributed by atoms with Gasteiger partial charge in [0.05, 0.1) is 5.56 Å². The van der Waals surface area contributed by atoms with Crippen LogP contribution in [0.1, 0.15) is 27.0 Å². The molecule has 6 heteroatoms. The summed E-state index contributed by atoms with van der Waals surface area (Å²) < 4.78 is 11.2. The van der Waals surface area contributed by atoms with Crippen molar-refractivity contribution in [3.05, 3.63) is 101 Å². The van der Waals surface area contributed by atoms with Crippen molar-refractivity contribution in [2.75, 3.05) is 11.9 Å². The number of anilines is 1. The highest BCUT2D eigenvalue weighted by atomic mass is 16.5. The summed E-state index contributed by atoms with van der Waals surface area (Å²) in [7, 11) is 0. The second-order valence-corrected chi connectivity index (χ2v) is 7.80. The lowest BCUT2D eigenvalue weighted by atomic mass is 9.98. The Morgan fingerprint density at radius 2 is 1.59 bits per heavy atom. The second kappa shape index (κ2) is 9.88. The summed E-state index contributed by atoms with van der Waals surface area (Å²) in [6, 6.07) is 26.2. The van der Waals surface area contributed by atoms with E-state index in [2.05, 4.69) is 11.4 Å². The van der Waals surface area contributed by atoms with Crippen molar-refractivity contribution in [1.82, 2.24) is 0 Å². The van der Waals surface area contributed by atoms with Crippen LogP contribution in [0, 0.1) is 25.2 Å². The minimum Gasteiger partial charge on any atom is -0.452 e. The van der Waals surface area contributed by atoms with Gasteiger partial charge in [-0.05, 0) is 31.0 Å². The summed E-state index contributed by atoms with van der Waals surface area (Å²) >= 11 is 0. The number of nitrogens with zero attached hydrogens (tertiary/aromatic N) is 1. The highest BCUT2D eigenvalue weighted by molar-refractivity contribution is 5.98. The summed E-state index contributed by atoms with van der Waals surface area (Å²) in [5.74, 6) is -0.733. The molecule has 4 rings (SSSR count). The molecule has 0 spiro atoms. The Hall–Kier alpha value is -4.63. The topological polar surface area (TPSA) is 92.3 Å². The number of benzene rings is 3. The molecule has 3 aromatic carbocycles. The summed E-state index contributed by atoms with van der Waals surface area (Å²) in [6.07, 6.45) is 0. The number of aryl methyl sites for hydroxylation is 2. The molecule has 0 saturated carbocycles. The van der Waals surface area contributed by atoms with Crippen molar-refractivity contribution in [2.45, 2.75) is 13.8 Å².